The van der Waals surface area contributed by atoms with Crippen molar-refractivity contribution >= 4 is 35.7 Å². The van der Waals surface area contributed by atoms with Gasteiger partial charge in [-0.2, -0.15) is 0 Å². The molecule has 0 aliphatic carbocycles. The van der Waals surface area contributed by atoms with Crippen LogP contribution in [0.25, 0.3) is 0 Å². The first-order chi connectivity index (χ1) is 48.9. The second-order valence-electron chi connectivity index (χ2n) is 29.4. The van der Waals surface area contributed by atoms with Gasteiger partial charge in [0.2, 0.25) is 0 Å². The molecular weight excluding hydrogens is 1250 g/mol. The molecule has 1 rings (SSSR count). The Morgan fingerprint density at radius 3 is 0.750 bits per heavy atom. The van der Waals surface area contributed by atoms with Gasteiger partial charge in [-0.15, -0.1) is 0 Å². The van der Waals surface area contributed by atoms with Crippen LogP contribution in [0, 0.1) is 0 Å². The Morgan fingerprint density at radius 1 is 0.290 bits per heavy atom. The number of nitrogens with zero attached hydrogens (tertiary/aromatic N) is 2. The molecule has 0 radical (unpaired) electrons. The van der Waals surface area contributed by atoms with E-state index in [1.807, 2.05) is 0 Å². The molecule has 4 atom stereocenters. The van der Waals surface area contributed by atoms with Gasteiger partial charge >= 0.3 is 23.9 Å². The number of carbonyl (C=O) groups is 6. The molecule has 0 fully saturated rings. The molecule has 100 heavy (non-hydrogen) atoms. The van der Waals surface area contributed by atoms with Crippen molar-refractivity contribution in [2.24, 2.45) is 0 Å². The van der Waals surface area contributed by atoms with Crippen molar-refractivity contribution in [3.8, 4) is 0 Å². The third-order valence-electron chi connectivity index (χ3n) is 20.2. The number of benzene rings is 1. The highest BCUT2D eigenvalue weighted by Gasteiger charge is 2.18. The van der Waals surface area contributed by atoms with Gasteiger partial charge in [-0.05, 0) is 199 Å². The van der Waals surface area contributed by atoms with Crippen molar-refractivity contribution in [1.82, 2.24) is 20.4 Å². The van der Waals surface area contributed by atoms with Crippen LogP contribution < -0.4 is 10.6 Å². The van der Waals surface area contributed by atoms with Crippen LogP contribution in [-0.4, -0.2) is 122 Å². The number of hydrogen-bond acceptors (Lipinski definition) is 12. The molecule has 0 spiro atoms. The topological polar surface area (TPSA) is 170 Å². The molecular formula is C86H158N4O10. The lowest BCUT2D eigenvalue weighted by Crippen LogP contribution is -2.32. The van der Waals surface area contributed by atoms with Crippen molar-refractivity contribution in [3.05, 3.63) is 35.4 Å². The molecule has 0 saturated carbocycles. The largest absolute Gasteiger partial charge is 0.462 e. The summed E-state index contributed by atoms with van der Waals surface area (Å²) < 4.78 is 23.3. The lowest BCUT2D eigenvalue weighted by Gasteiger charge is -2.22. The zero-order valence-corrected chi connectivity index (χ0v) is 66.4. The third kappa shape index (κ3) is 56.4. The van der Waals surface area contributed by atoms with Crippen LogP contribution in [0.5, 0.6) is 0 Å². The lowest BCUT2D eigenvalue weighted by molar-refractivity contribution is -0.150. The maximum Gasteiger partial charge on any atom is 0.306 e. The summed E-state index contributed by atoms with van der Waals surface area (Å²) in [6.07, 6.45) is 56.6. The molecule has 582 valence electrons. The van der Waals surface area contributed by atoms with Gasteiger partial charge in [0.1, 0.15) is 24.4 Å². The van der Waals surface area contributed by atoms with Crippen molar-refractivity contribution in [1.29, 1.82) is 0 Å². The monoisotopic (exact) mass is 1410 g/mol. The van der Waals surface area contributed by atoms with Crippen LogP contribution in [-0.2, 0) is 38.1 Å². The summed E-state index contributed by atoms with van der Waals surface area (Å²) >= 11 is 0. The number of unbranched alkanes of at least 4 members (excludes halogenated alkanes) is 32. The first-order valence-electron chi connectivity index (χ1n) is 42.7. The normalized spacial score (nSPS) is 12.7. The van der Waals surface area contributed by atoms with Crippen LogP contribution in [0.1, 0.15) is 423 Å². The van der Waals surface area contributed by atoms with Gasteiger partial charge in [0.25, 0.3) is 11.8 Å². The van der Waals surface area contributed by atoms with E-state index in [4.69, 9.17) is 18.9 Å². The summed E-state index contributed by atoms with van der Waals surface area (Å²) in [6.45, 7) is 24.3. The van der Waals surface area contributed by atoms with Gasteiger partial charge in [-0.25, -0.2) is 0 Å². The molecule has 1 aromatic carbocycles. The van der Waals surface area contributed by atoms with E-state index in [-0.39, 0.29) is 60.1 Å². The van der Waals surface area contributed by atoms with Crippen LogP contribution in [0.2, 0.25) is 0 Å². The average molecular weight is 1410 g/mol. The Hall–Kier alpha value is -4.04. The number of amides is 2. The Kier molecular flexibility index (Phi) is 65.2. The highest BCUT2D eigenvalue weighted by atomic mass is 16.6. The first kappa shape index (κ1) is 94.0. The Balaban J connectivity index is 2.74. The molecule has 0 saturated heterocycles. The predicted molar refractivity (Wildman–Crippen MR) is 418 cm³/mol. The van der Waals surface area contributed by atoms with Crippen molar-refractivity contribution in [2.45, 2.75) is 427 Å². The molecule has 1 aromatic rings. The van der Waals surface area contributed by atoms with Gasteiger partial charge < -0.3 is 39.4 Å². The lowest BCUT2D eigenvalue weighted by atomic mass is 10.1. The van der Waals surface area contributed by atoms with E-state index in [2.05, 4.69) is 75.8 Å². The van der Waals surface area contributed by atoms with Crippen molar-refractivity contribution in [2.75, 3.05) is 52.4 Å². The summed E-state index contributed by atoms with van der Waals surface area (Å²) in [5.74, 6) is -0.488. The third-order valence-corrected chi connectivity index (χ3v) is 20.2. The van der Waals surface area contributed by atoms with E-state index >= 15 is 0 Å². The highest BCUT2D eigenvalue weighted by Crippen LogP contribution is 2.20. The summed E-state index contributed by atoms with van der Waals surface area (Å²) in [5.41, 5.74) is 0.977. The van der Waals surface area contributed by atoms with Crippen LogP contribution in [0.15, 0.2) is 24.3 Å². The number of hydrogen-bond donors (Lipinski definition) is 2. The Labute approximate surface area is 615 Å². The van der Waals surface area contributed by atoms with Crippen LogP contribution in [0.4, 0.5) is 0 Å². The zero-order valence-electron chi connectivity index (χ0n) is 66.4. The second-order valence-corrected chi connectivity index (χ2v) is 29.4. The van der Waals surface area contributed by atoms with Crippen molar-refractivity contribution < 1.29 is 47.7 Å². The minimum Gasteiger partial charge on any atom is -0.462 e. The van der Waals surface area contributed by atoms with E-state index in [0.29, 0.717) is 49.9 Å². The van der Waals surface area contributed by atoms with E-state index < -0.39 is 0 Å². The molecule has 14 nitrogen and oxygen atoms in total. The maximum absolute atomic E-state index is 13.6. The van der Waals surface area contributed by atoms with Gasteiger partial charge in [-0.3, -0.25) is 28.8 Å². The van der Waals surface area contributed by atoms with Gasteiger partial charge in [-0.1, -0.05) is 241 Å². The molecule has 4 unspecified atom stereocenters. The van der Waals surface area contributed by atoms with E-state index in [0.717, 1.165) is 283 Å². The minimum atomic E-state index is -0.166. The fraction of sp³-hybridized carbons (Fsp3) is 0.860. The molecule has 2 amide bonds. The fourth-order valence-corrected chi connectivity index (χ4v) is 13.5. The van der Waals surface area contributed by atoms with Gasteiger partial charge in [0.15, 0.2) is 0 Å². The van der Waals surface area contributed by atoms with Gasteiger partial charge in [0.05, 0.1) is 0 Å². The summed E-state index contributed by atoms with van der Waals surface area (Å²) in [5, 5.41) is 6.30. The Bertz CT molecular complexity index is 1850. The van der Waals surface area contributed by atoms with Crippen LogP contribution in [0.3, 0.4) is 0 Å². The number of esters is 4. The molecule has 0 aliphatic heterocycles. The molecule has 0 aromatic heterocycles. The molecule has 14 heteroatoms. The minimum absolute atomic E-state index is 0.0390. The molecule has 2 N–H and O–H groups in total. The van der Waals surface area contributed by atoms with Gasteiger partial charge in [0, 0.05) is 49.9 Å². The number of carbonyl (C=O) groups excluding carboxylic acids is 6. The van der Waals surface area contributed by atoms with Crippen LogP contribution >= 0.6 is 0 Å². The van der Waals surface area contributed by atoms with E-state index in [9.17, 15) is 28.8 Å². The second kappa shape index (κ2) is 69.3. The predicted octanol–water partition coefficient (Wildman–Crippen LogP) is 22.6. The highest BCUT2D eigenvalue weighted by molar-refractivity contribution is 5.99. The smallest absolute Gasteiger partial charge is 0.306 e. The quantitative estimate of drug-likeness (QED) is 0.0360. The molecule has 0 bridgehead atoms. The molecule has 0 aliphatic rings. The van der Waals surface area contributed by atoms with E-state index in [1.165, 1.54) is 77.0 Å². The molecule has 0 heterocycles. The SMILES string of the molecule is CCCCCCC(CC)OC(=O)CCCCCCCCN(CCCCCCCCC(=O)OC(CC)CCCCCC)CCCNC(=O)c1cccc(C(=O)NCCCN(CCCCCCCCC(=O)OC(CC)CCCCCC)CCCCCCCCC(=O)OC(CC)CCCCCC)c1. The Morgan fingerprint density at radius 2 is 0.510 bits per heavy atom. The van der Waals surface area contributed by atoms with Crippen molar-refractivity contribution in [3.63, 3.8) is 0 Å². The number of nitrogens with one attached hydrogen (secondary N) is 2. The summed E-state index contributed by atoms with van der Waals surface area (Å²) in [4.78, 5) is 82.6. The average Bonchev–Trinajstić information content (AvgIpc) is 0.917. The number of ether oxygens (including phenoxy) is 4. The summed E-state index contributed by atoms with van der Waals surface area (Å²) in [7, 11) is 0. The van der Waals surface area contributed by atoms with E-state index in [1.54, 1.807) is 24.3 Å². The maximum atomic E-state index is 13.6. The fourth-order valence-electron chi connectivity index (χ4n) is 13.5. The summed E-state index contributed by atoms with van der Waals surface area (Å²) in [6, 6.07) is 7.08. The zero-order chi connectivity index (χ0) is 73.0. The number of rotatable bonds is 74. The first-order valence-corrected chi connectivity index (χ1v) is 42.7. The standard InChI is InChI=1S/C86H158N4O10/c1-9-17-21-41-58-77(13-5)97-81(91)62-45-33-25-29-37-49-68-89(69-50-38-30-26-34-46-63-82(92)98-78(14-6)59-42-22-18-10-2)72-54-66-87-85(95)75-56-53-57-76(74-75)86(96)88-67-55-73-90(70-51-39-31-27-35-47-64-83(93)99-79(15-7)60-43-23-19-11-3)71-52-40-32-28-36-48-65-84(94)100-80(16-8)61-44-24-20-12-4/h53,56-57,74,77-80H,9-52,54-55,58-73H2,1-8H3,(H,87,95)(H,88,96).